The summed E-state index contributed by atoms with van der Waals surface area (Å²) < 4.78 is 5.50. The summed E-state index contributed by atoms with van der Waals surface area (Å²) in [5.74, 6) is 0.556. The molecule has 0 aliphatic carbocycles. The minimum absolute atomic E-state index is 0.220. The van der Waals surface area contributed by atoms with Crippen LogP contribution in [0, 0.1) is 0 Å². The summed E-state index contributed by atoms with van der Waals surface area (Å²) in [4.78, 5) is 17.3. The highest BCUT2D eigenvalue weighted by atomic mass is 32.2. The normalized spacial score (nSPS) is 14.8. The maximum atomic E-state index is 12.9. The molecular formula is C21H22N4O2S. The lowest BCUT2D eigenvalue weighted by atomic mass is 10.2. The molecule has 0 aromatic heterocycles. The van der Waals surface area contributed by atoms with E-state index in [9.17, 15) is 4.79 Å². The summed E-state index contributed by atoms with van der Waals surface area (Å²) in [5.41, 5.74) is 5.20. The van der Waals surface area contributed by atoms with Crippen molar-refractivity contribution < 1.29 is 9.53 Å². The largest absolute Gasteiger partial charge is 0.494 e. The number of thioether (sulfide) groups is 1. The van der Waals surface area contributed by atoms with E-state index in [0.717, 1.165) is 17.1 Å². The Labute approximate surface area is 169 Å². The highest BCUT2D eigenvalue weighted by Crippen LogP contribution is 2.27. The lowest BCUT2D eigenvalue weighted by Crippen LogP contribution is -2.46. The number of rotatable bonds is 7. The van der Waals surface area contributed by atoms with Gasteiger partial charge in [-0.3, -0.25) is 15.2 Å². The predicted molar refractivity (Wildman–Crippen MR) is 116 cm³/mol. The molecule has 1 heterocycles. The van der Waals surface area contributed by atoms with Gasteiger partial charge in [0.1, 0.15) is 11.4 Å². The van der Waals surface area contributed by atoms with E-state index in [1.165, 1.54) is 11.8 Å². The van der Waals surface area contributed by atoms with Gasteiger partial charge in [0, 0.05) is 11.1 Å². The van der Waals surface area contributed by atoms with E-state index in [0.29, 0.717) is 24.0 Å². The monoisotopic (exact) mass is 394 g/mol. The van der Waals surface area contributed by atoms with Crippen LogP contribution in [-0.4, -0.2) is 24.2 Å². The molecule has 0 bridgehead atoms. The second-order valence-electron chi connectivity index (χ2n) is 5.75. The maximum Gasteiger partial charge on any atom is 0.274 e. The van der Waals surface area contributed by atoms with Gasteiger partial charge < -0.3 is 10.1 Å². The highest BCUT2D eigenvalue weighted by Gasteiger charge is 2.25. The van der Waals surface area contributed by atoms with Crippen molar-refractivity contribution in [2.75, 3.05) is 23.5 Å². The number of para-hydroxylation sites is 1. The van der Waals surface area contributed by atoms with Gasteiger partial charge in [0.25, 0.3) is 5.91 Å². The van der Waals surface area contributed by atoms with Crippen molar-refractivity contribution in [2.24, 2.45) is 4.99 Å². The van der Waals surface area contributed by atoms with E-state index < -0.39 is 0 Å². The second-order valence-corrected chi connectivity index (χ2v) is 6.61. The number of amides is 1. The van der Waals surface area contributed by atoms with Crippen LogP contribution in [0.3, 0.4) is 0 Å². The molecule has 1 amide bonds. The van der Waals surface area contributed by atoms with E-state index in [1.807, 2.05) is 61.5 Å². The number of amidine groups is 1. The number of hydrogen-bond donors (Lipinski definition) is 2. The van der Waals surface area contributed by atoms with Gasteiger partial charge >= 0.3 is 0 Å². The van der Waals surface area contributed by atoms with Crippen LogP contribution in [0.4, 0.5) is 11.4 Å². The molecule has 0 unspecified atom stereocenters. The Bertz CT molecular complexity index is 879. The Morgan fingerprint density at radius 2 is 2.00 bits per heavy atom. The third-order valence-corrected chi connectivity index (χ3v) is 4.55. The topological polar surface area (TPSA) is 66.0 Å². The van der Waals surface area contributed by atoms with Crippen LogP contribution in [0.2, 0.25) is 0 Å². The van der Waals surface area contributed by atoms with Crippen molar-refractivity contribution in [1.29, 1.82) is 0 Å². The fourth-order valence-corrected chi connectivity index (χ4v) is 3.23. The van der Waals surface area contributed by atoms with Gasteiger partial charge in [-0.25, -0.2) is 5.01 Å². The summed E-state index contributed by atoms with van der Waals surface area (Å²) in [7, 11) is 0. The molecule has 28 heavy (non-hydrogen) atoms. The number of carbonyl (C=O) groups excluding carboxylic acids is 1. The zero-order chi connectivity index (χ0) is 19.8. The molecule has 0 radical (unpaired) electrons. The fraction of sp³-hybridized carbons (Fsp3) is 0.143. The zero-order valence-corrected chi connectivity index (χ0v) is 16.4. The molecule has 6 nitrogen and oxygen atoms in total. The molecule has 144 valence electrons. The lowest BCUT2D eigenvalue weighted by Gasteiger charge is -2.31. The summed E-state index contributed by atoms with van der Waals surface area (Å²) in [6.07, 6.45) is 1.72. The van der Waals surface area contributed by atoms with Crippen LogP contribution >= 0.6 is 11.8 Å². The van der Waals surface area contributed by atoms with Crippen molar-refractivity contribution >= 4 is 34.2 Å². The van der Waals surface area contributed by atoms with Crippen LogP contribution < -0.4 is 20.5 Å². The summed E-state index contributed by atoms with van der Waals surface area (Å²) >= 11 is 1.36. The minimum Gasteiger partial charge on any atom is -0.494 e. The molecule has 1 aliphatic heterocycles. The molecule has 1 aliphatic rings. The van der Waals surface area contributed by atoms with Gasteiger partial charge in [-0.2, -0.15) is 0 Å². The van der Waals surface area contributed by atoms with Gasteiger partial charge in [0.15, 0.2) is 5.17 Å². The Morgan fingerprint density at radius 3 is 2.68 bits per heavy atom. The number of nitrogens with zero attached hydrogens (tertiary/aromatic N) is 2. The third kappa shape index (κ3) is 4.95. The smallest absolute Gasteiger partial charge is 0.274 e. The first-order valence-electron chi connectivity index (χ1n) is 8.89. The number of ether oxygens (including phenoxy) is 1. The van der Waals surface area contributed by atoms with Crippen molar-refractivity contribution in [3.63, 3.8) is 0 Å². The van der Waals surface area contributed by atoms with E-state index in [-0.39, 0.29) is 5.91 Å². The molecule has 0 saturated heterocycles. The van der Waals surface area contributed by atoms with E-state index >= 15 is 0 Å². The molecule has 2 N–H and O–H groups in total. The first-order valence-corrected chi connectivity index (χ1v) is 9.77. The molecule has 0 saturated carbocycles. The molecular weight excluding hydrogens is 372 g/mol. The standard InChI is InChI=1S/C21H22N4O2S/c1-3-14-22-21-24-25(17-10-12-18(13-11-17)27-4-2)19(15-28-21)20(26)23-16-8-6-5-7-9-16/h3,5-13,15H,1,4,14H2,2H3,(H,22,24)(H,23,26). The minimum atomic E-state index is -0.220. The van der Waals surface area contributed by atoms with Crippen LogP contribution in [-0.2, 0) is 4.79 Å². The van der Waals surface area contributed by atoms with Crippen LogP contribution in [0.15, 0.2) is 83.3 Å². The van der Waals surface area contributed by atoms with Gasteiger partial charge in [-0.15, -0.1) is 6.58 Å². The summed E-state index contributed by atoms with van der Waals surface area (Å²) in [5, 5.41) is 7.10. The van der Waals surface area contributed by atoms with Crippen LogP contribution in [0.25, 0.3) is 0 Å². The van der Waals surface area contributed by atoms with Crippen molar-refractivity contribution in [1.82, 2.24) is 5.43 Å². The molecule has 2 aromatic rings. The summed E-state index contributed by atoms with van der Waals surface area (Å²) in [6.45, 7) is 6.72. The van der Waals surface area contributed by atoms with Crippen molar-refractivity contribution in [3.8, 4) is 5.75 Å². The van der Waals surface area contributed by atoms with E-state index in [4.69, 9.17) is 4.74 Å². The van der Waals surface area contributed by atoms with Crippen LogP contribution in [0.5, 0.6) is 5.75 Å². The molecule has 3 rings (SSSR count). The highest BCUT2D eigenvalue weighted by molar-refractivity contribution is 8.16. The van der Waals surface area contributed by atoms with Crippen molar-refractivity contribution in [3.05, 3.63) is 78.4 Å². The summed E-state index contributed by atoms with van der Waals surface area (Å²) in [6, 6.07) is 16.9. The maximum absolute atomic E-state index is 12.9. The van der Waals surface area contributed by atoms with E-state index in [1.54, 1.807) is 16.5 Å². The van der Waals surface area contributed by atoms with Crippen LogP contribution in [0.1, 0.15) is 6.92 Å². The third-order valence-electron chi connectivity index (χ3n) is 3.76. The number of aliphatic imine (C=N–C) groups is 1. The van der Waals surface area contributed by atoms with Gasteiger partial charge in [0.05, 0.1) is 18.8 Å². The number of hydrogen-bond acceptors (Lipinski definition) is 5. The number of carbonyl (C=O) groups is 1. The second kappa shape index (κ2) is 9.66. The number of benzene rings is 2. The predicted octanol–water partition coefficient (Wildman–Crippen LogP) is 4.17. The SMILES string of the molecule is C=CCN=C1NN(c2ccc(OCC)cc2)C(C(=O)Nc2ccccc2)=CS1. The van der Waals surface area contributed by atoms with Gasteiger partial charge in [-0.05, 0) is 43.3 Å². The first-order chi connectivity index (χ1) is 13.7. The molecule has 7 heteroatoms. The Kier molecular flexibility index (Phi) is 6.75. The van der Waals surface area contributed by atoms with Gasteiger partial charge in [0.2, 0.25) is 0 Å². The number of anilines is 2. The Morgan fingerprint density at radius 1 is 1.25 bits per heavy atom. The molecule has 0 atom stereocenters. The molecule has 0 fully saturated rings. The Hall–Kier alpha value is -3.19. The molecule has 2 aromatic carbocycles. The average Bonchev–Trinajstić information content (AvgIpc) is 2.73. The first kappa shape index (κ1) is 19.6. The number of nitrogens with one attached hydrogen (secondary N) is 2. The number of hydrazine groups is 1. The van der Waals surface area contributed by atoms with Crippen molar-refractivity contribution in [2.45, 2.75) is 6.92 Å². The van der Waals surface area contributed by atoms with Gasteiger partial charge in [-0.1, -0.05) is 36.0 Å². The quantitative estimate of drug-likeness (QED) is 0.690. The fourth-order valence-electron chi connectivity index (χ4n) is 2.50. The zero-order valence-electron chi connectivity index (χ0n) is 15.6. The lowest BCUT2D eigenvalue weighted by molar-refractivity contribution is -0.113. The Balaban J connectivity index is 1.87. The average molecular weight is 395 g/mol. The van der Waals surface area contributed by atoms with E-state index in [2.05, 4.69) is 22.3 Å². The molecule has 0 spiro atoms.